The number of carbonyl (C=O) groups excluding carboxylic acids is 1. The van der Waals surface area contributed by atoms with Gasteiger partial charge in [-0.15, -0.1) is 0 Å². The molecule has 2 aliphatic rings. The quantitative estimate of drug-likeness (QED) is 0.852. The summed E-state index contributed by atoms with van der Waals surface area (Å²) in [7, 11) is 0. The number of morpholine rings is 1. The van der Waals surface area contributed by atoms with Gasteiger partial charge in [0.2, 0.25) is 0 Å². The molecule has 0 saturated carbocycles. The van der Waals surface area contributed by atoms with Crippen LogP contribution >= 0.6 is 0 Å². The van der Waals surface area contributed by atoms with Crippen LogP contribution in [0.2, 0.25) is 0 Å². The Bertz CT molecular complexity index is 562. The summed E-state index contributed by atoms with van der Waals surface area (Å²) in [4.78, 5) is 23.4. The molecule has 0 aliphatic carbocycles. The van der Waals surface area contributed by atoms with Crippen molar-refractivity contribution in [2.75, 3.05) is 57.3 Å². The van der Waals surface area contributed by atoms with Gasteiger partial charge in [-0.25, -0.2) is 4.98 Å². The molecule has 25 heavy (non-hydrogen) atoms. The van der Waals surface area contributed by atoms with E-state index in [1.807, 2.05) is 17.0 Å². The Morgan fingerprint density at radius 3 is 2.44 bits per heavy atom. The molecule has 0 radical (unpaired) electrons. The fourth-order valence-corrected chi connectivity index (χ4v) is 3.56. The van der Waals surface area contributed by atoms with E-state index in [1.165, 1.54) is 0 Å². The van der Waals surface area contributed by atoms with Gasteiger partial charge in [-0.05, 0) is 26.0 Å². The van der Waals surface area contributed by atoms with E-state index in [0.29, 0.717) is 25.2 Å². The highest BCUT2D eigenvalue weighted by molar-refractivity contribution is 5.94. The average molecular weight is 348 g/mol. The van der Waals surface area contributed by atoms with E-state index >= 15 is 0 Å². The first-order valence-corrected chi connectivity index (χ1v) is 9.05. The maximum atomic E-state index is 12.6. The normalized spacial score (nSPS) is 25.2. The van der Waals surface area contributed by atoms with E-state index in [1.54, 1.807) is 6.20 Å². The second-order valence-electron chi connectivity index (χ2n) is 6.92. The molecule has 138 valence electrons. The molecule has 1 amide bonds. The van der Waals surface area contributed by atoms with Crippen LogP contribution in [0.15, 0.2) is 18.3 Å². The van der Waals surface area contributed by atoms with Crippen LogP contribution in [0.4, 0.5) is 5.82 Å². The summed E-state index contributed by atoms with van der Waals surface area (Å²) in [6, 6.07) is 3.80. The molecular weight excluding hydrogens is 320 g/mol. The highest BCUT2D eigenvalue weighted by atomic mass is 16.5. The Morgan fingerprint density at radius 1 is 1.20 bits per heavy atom. The van der Waals surface area contributed by atoms with Crippen molar-refractivity contribution in [3.63, 3.8) is 0 Å². The van der Waals surface area contributed by atoms with Gasteiger partial charge in [0.1, 0.15) is 5.82 Å². The molecule has 0 bridgehead atoms. The first-order chi connectivity index (χ1) is 12.1. The van der Waals surface area contributed by atoms with Crippen molar-refractivity contribution in [3.8, 4) is 0 Å². The minimum atomic E-state index is 0.0337. The van der Waals surface area contributed by atoms with E-state index < -0.39 is 0 Å². The predicted molar refractivity (Wildman–Crippen MR) is 95.9 cm³/mol. The van der Waals surface area contributed by atoms with Gasteiger partial charge in [0.05, 0.1) is 24.4 Å². The number of anilines is 1. The second kappa shape index (κ2) is 8.12. The molecule has 2 aliphatic heterocycles. The van der Waals surface area contributed by atoms with Crippen LogP contribution in [0.3, 0.4) is 0 Å². The number of hydrogen-bond donors (Lipinski definition) is 1. The maximum absolute atomic E-state index is 12.6. The van der Waals surface area contributed by atoms with Gasteiger partial charge in [0.25, 0.3) is 5.91 Å². The summed E-state index contributed by atoms with van der Waals surface area (Å²) >= 11 is 0. The van der Waals surface area contributed by atoms with Crippen LogP contribution in [-0.2, 0) is 4.74 Å². The monoisotopic (exact) mass is 348 g/mol. The number of aromatic nitrogens is 1. The number of pyridine rings is 1. The number of β-amino-alcohol motifs (C(OH)–C–C–N with tert-alkyl or cyclic N) is 1. The molecule has 0 aromatic carbocycles. The summed E-state index contributed by atoms with van der Waals surface area (Å²) in [5, 5.41) is 9.00. The Kier molecular flexibility index (Phi) is 5.88. The van der Waals surface area contributed by atoms with Crippen LogP contribution in [-0.4, -0.2) is 90.4 Å². The van der Waals surface area contributed by atoms with Gasteiger partial charge in [0, 0.05) is 52.0 Å². The third kappa shape index (κ3) is 4.48. The number of carbonyl (C=O) groups is 1. The Balaban J connectivity index is 1.59. The molecular formula is C18H28N4O3. The molecule has 3 rings (SSSR count). The number of rotatable bonds is 4. The Morgan fingerprint density at radius 2 is 1.88 bits per heavy atom. The average Bonchev–Trinajstić information content (AvgIpc) is 2.61. The zero-order valence-corrected chi connectivity index (χ0v) is 15.1. The van der Waals surface area contributed by atoms with Crippen LogP contribution < -0.4 is 4.90 Å². The first kappa shape index (κ1) is 18.1. The Labute approximate surface area is 149 Å². The third-order valence-corrected chi connectivity index (χ3v) is 4.81. The lowest BCUT2D eigenvalue weighted by atomic mass is 10.2. The van der Waals surface area contributed by atoms with Gasteiger partial charge in [0.15, 0.2) is 0 Å². The Hall–Kier alpha value is -1.70. The number of nitrogens with zero attached hydrogens (tertiary/aromatic N) is 4. The molecule has 3 heterocycles. The molecule has 0 spiro atoms. The fraction of sp³-hybridized carbons (Fsp3) is 0.667. The largest absolute Gasteiger partial charge is 0.395 e. The highest BCUT2D eigenvalue weighted by Crippen LogP contribution is 2.19. The van der Waals surface area contributed by atoms with Crippen molar-refractivity contribution in [3.05, 3.63) is 23.9 Å². The minimum absolute atomic E-state index is 0.0337. The number of aliphatic hydroxyl groups excluding tert-OH is 1. The SMILES string of the molecule is C[C@@H]1CN(c2ccc(C(=O)N3CCN(CCO)CC3)cn2)C[C@@H](C)O1. The van der Waals surface area contributed by atoms with Crippen LogP contribution in [0.1, 0.15) is 24.2 Å². The van der Waals surface area contributed by atoms with Gasteiger partial charge >= 0.3 is 0 Å². The van der Waals surface area contributed by atoms with Crippen molar-refractivity contribution in [2.24, 2.45) is 0 Å². The lowest BCUT2D eigenvalue weighted by Crippen LogP contribution is -2.49. The van der Waals surface area contributed by atoms with E-state index in [2.05, 4.69) is 28.6 Å². The van der Waals surface area contributed by atoms with Crippen molar-refractivity contribution in [1.29, 1.82) is 0 Å². The molecule has 7 heteroatoms. The van der Waals surface area contributed by atoms with E-state index in [9.17, 15) is 4.79 Å². The molecule has 0 unspecified atom stereocenters. The lowest BCUT2D eigenvalue weighted by molar-refractivity contribution is -0.00546. The molecule has 2 fully saturated rings. The topological polar surface area (TPSA) is 69.1 Å². The predicted octanol–water partition coefficient (Wildman–Crippen LogP) is 0.445. The number of ether oxygens (including phenoxy) is 1. The van der Waals surface area contributed by atoms with E-state index in [-0.39, 0.29) is 24.7 Å². The lowest BCUT2D eigenvalue weighted by Gasteiger charge is -2.36. The smallest absolute Gasteiger partial charge is 0.255 e. The number of amides is 1. The van der Waals surface area contributed by atoms with Crippen molar-refractivity contribution in [2.45, 2.75) is 26.1 Å². The van der Waals surface area contributed by atoms with E-state index in [4.69, 9.17) is 9.84 Å². The standard InChI is InChI=1S/C18H28N4O3/c1-14-12-22(13-15(2)25-14)17-4-3-16(11-19-17)18(24)21-7-5-20(6-8-21)9-10-23/h3-4,11,14-15,23H,5-10,12-13H2,1-2H3/t14-,15-/m1/s1. The number of piperazine rings is 1. The van der Waals surface area contributed by atoms with Gasteiger partial charge in [-0.2, -0.15) is 0 Å². The maximum Gasteiger partial charge on any atom is 0.255 e. The van der Waals surface area contributed by atoms with Gasteiger partial charge < -0.3 is 19.6 Å². The highest BCUT2D eigenvalue weighted by Gasteiger charge is 2.25. The summed E-state index contributed by atoms with van der Waals surface area (Å²) in [5.41, 5.74) is 0.633. The zero-order valence-electron chi connectivity index (χ0n) is 15.1. The van der Waals surface area contributed by atoms with Gasteiger partial charge in [-0.1, -0.05) is 0 Å². The summed E-state index contributed by atoms with van der Waals surface area (Å²) in [6.45, 7) is 9.61. The first-order valence-electron chi connectivity index (χ1n) is 9.05. The van der Waals surface area contributed by atoms with Crippen LogP contribution in [0.25, 0.3) is 0 Å². The molecule has 1 N–H and O–H groups in total. The zero-order chi connectivity index (χ0) is 17.8. The molecule has 7 nitrogen and oxygen atoms in total. The second-order valence-corrected chi connectivity index (χ2v) is 6.92. The molecule has 2 saturated heterocycles. The van der Waals surface area contributed by atoms with Crippen LogP contribution in [0.5, 0.6) is 0 Å². The molecule has 1 aromatic heterocycles. The van der Waals surface area contributed by atoms with Crippen LogP contribution in [0, 0.1) is 0 Å². The summed E-state index contributed by atoms with van der Waals surface area (Å²) in [5.74, 6) is 0.928. The third-order valence-electron chi connectivity index (χ3n) is 4.81. The summed E-state index contributed by atoms with van der Waals surface area (Å²) < 4.78 is 5.76. The number of aliphatic hydroxyl groups is 1. The minimum Gasteiger partial charge on any atom is -0.395 e. The van der Waals surface area contributed by atoms with Crippen molar-refractivity contribution < 1.29 is 14.6 Å². The number of hydrogen-bond acceptors (Lipinski definition) is 6. The molecule has 1 aromatic rings. The van der Waals surface area contributed by atoms with E-state index in [0.717, 1.165) is 32.0 Å². The summed E-state index contributed by atoms with van der Waals surface area (Å²) in [6.07, 6.45) is 2.05. The fourth-order valence-electron chi connectivity index (χ4n) is 3.56. The van der Waals surface area contributed by atoms with Crippen molar-refractivity contribution >= 4 is 11.7 Å². The molecule has 2 atom stereocenters. The van der Waals surface area contributed by atoms with Crippen molar-refractivity contribution in [1.82, 2.24) is 14.8 Å². The van der Waals surface area contributed by atoms with Gasteiger partial charge in [-0.3, -0.25) is 9.69 Å².